The normalized spacial score (nSPS) is 14.6. The van der Waals surface area contributed by atoms with Crippen molar-refractivity contribution < 1.29 is 23.8 Å². The van der Waals surface area contributed by atoms with Crippen LogP contribution >= 0.6 is 24.0 Å². The second kappa shape index (κ2) is 10.5. The summed E-state index contributed by atoms with van der Waals surface area (Å²) in [6.45, 7) is 2.18. The van der Waals surface area contributed by atoms with Crippen molar-refractivity contribution in [2.24, 2.45) is 0 Å². The number of thioether (sulfide) groups is 1. The molecule has 168 valence electrons. The number of benzene rings is 2. The lowest BCUT2D eigenvalue weighted by Crippen LogP contribution is -2.31. The smallest absolute Gasteiger partial charge is 0.266 e. The number of thiocarbonyl (C=S) groups is 1. The molecule has 2 amide bonds. The van der Waals surface area contributed by atoms with Gasteiger partial charge in [0.05, 0.1) is 26.2 Å². The molecule has 0 saturated carbocycles. The second-order valence-corrected chi connectivity index (χ2v) is 8.63. The molecule has 1 saturated heterocycles. The molecule has 0 unspecified atom stereocenters. The Morgan fingerprint density at radius 3 is 2.28 bits per heavy atom. The van der Waals surface area contributed by atoms with E-state index in [1.807, 2.05) is 31.2 Å². The highest BCUT2D eigenvalue weighted by Crippen LogP contribution is 2.40. The van der Waals surface area contributed by atoms with Crippen molar-refractivity contribution in [1.29, 1.82) is 0 Å². The number of nitrogens with one attached hydrogen (secondary N) is 1. The SMILES string of the molecule is COc1cc(C=C2SC(=S)N(CCC(=O)Nc3ccc(C)cc3)C2=O)cc(OC)c1OC. The Balaban J connectivity index is 1.69. The molecule has 1 heterocycles. The van der Waals surface area contributed by atoms with Crippen LogP contribution in [0.5, 0.6) is 17.2 Å². The fraction of sp³-hybridized carbons (Fsp3) is 0.261. The molecule has 1 aliphatic rings. The van der Waals surface area contributed by atoms with Crippen molar-refractivity contribution in [3.05, 3.63) is 52.4 Å². The molecule has 32 heavy (non-hydrogen) atoms. The minimum Gasteiger partial charge on any atom is -0.493 e. The van der Waals surface area contributed by atoms with Gasteiger partial charge in [-0.3, -0.25) is 14.5 Å². The van der Waals surface area contributed by atoms with Gasteiger partial charge in [0.1, 0.15) is 4.32 Å². The molecule has 9 heteroatoms. The van der Waals surface area contributed by atoms with Crippen molar-refractivity contribution in [2.75, 3.05) is 33.2 Å². The third-order valence-electron chi connectivity index (χ3n) is 4.76. The van der Waals surface area contributed by atoms with E-state index in [1.54, 1.807) is 18.2 Å². The first kappa shape index (κ1) is 23.6. The number of ether oxygens (including phenoxy) is 3. The van der Waals surface area contributed by atoms with Gasteiger partial charge in [0.25, 0.3) is 5.91 Å². The number of hydrogen-bond acceptors (Lipinski definition) is 7. The highest BCUT2D eigenvalue weighted by molar-refractivity contribution is 8.26. The van der Waals surface area contributed by atoms with Crippen LogP contribution < -0.4 is 19.5 Å². The van der Waals surface area contributed by atoms with Crippen LogP contribution in [0.1, 0.15) is 17.5 Å². The first-order chi connectivity index (χ1) is 15.4. The number of carbonyl (C=O) groups excluding carboxylic acids is 2. The van der Waals surface area contributed by atoms with Gasteiger partial charge < -0.3 is 19.5 Å². The van der Waals surface area contributed by atoms with Gasteiger partial charge in [-0.2, -0.15) is 0 Å². The van der Waals surface area contributed by atoms with Crippen LogP contribution in [0.25, 0.3) is 6.08 Å². The van der Waals surface area contributed by atoms with Gasteiger partial charge in [-0.05, 0) is 42.8 Å². The maximum atomic E-state index is 12.9. The zero-order valence-corrected chi connectivity index (χ0v) is 19.9. The number of nitrogens with zero attached hydrogens (tertiary/aromatic N) is 1. The van der Waals surface area contributed by atoms with Gasteiger partial charge in [-0.25, -0.2) is 0 Å². The monoisotopic (exact) mass is 472 g/mol. The summed E-state index contributed by atoms with van der Waals surface area (Å²) in [6, 6.07) is 11.0. The molecule has 2 aromatic rings. The van der Waals surface area contributed by atoms with E-state index in [-0.39, 0.29) is 24.8 Å². The lowest BCUT2D eigenvalue weighted by molar-refractivity contribution is -0.122. The molecule has 0 aromatic heterocycles. The summed E-state index contributed by atoms with van der Waals surface area (Å²) in [4.78, 5) is 27.1. The number of amides is 2. The Morgan fingerprint density at radius 2 is 1.72 bits per heavy atom. The minimum absolute atomic E-state index is 0.137. The Kier molecular flexibility index (Phi) is 7.76. The predicted molar refractivity (Wildman–Crippen MR) is 130 cm³/mol. The highest BCUT2D eigenvalue weighted by Gasteiger charge is 2.32. The molecule has 2 aromatic carbocycles. The molecule has 7 nitrogen and oxygen atoms in total. The zero-order valence-electron chi connectivity index (χ0n) is 18.3. The summed E-state index contributed by atoms with van der Waals surface area (Å²) in [5.74, 6) is 1.02. The van der Waals surface area contributed by atoms with Gasteiger partial charge in [0.15, 0.2) is 11.5 Å². The fourth-order valence-electron chi connectivity index (χ4n) is 3.10. The van der Waals surface area contributed by atoms with Crippen LogP contribution in [0.15, 0.2) is 41.3 Å². The lowest BCUT2D eigenvalue weighted by Gasteiger charge is -2.14. The van der Waals surface area contributed by atoms with E-state index in [1.165, 1.54) is 38.0 Å². The average Bonchev–Trinajstić information content (AvgIpc) is 3.05. The van der Waals surface area contributed by atoms with Crippen LogP contribution in [-0.4, -0.2) is 48.9 Å². The van der Waals surface area contributed by atoms with Crippen LogP contribution in [-0.2, 0) is 9.59 Å². The summed E-state index contributed by atoms with van der Waals surface area (Å²) >= 11 is 6.56. The van der Waals surface area contributed by atoms with Crippen LogP contribution in [0.3, 0.4) is 0 Å². The van der Waals surface area contributed by atoms with Crippen molar-refractivity contribution in [3.63, 3.8) is 0 Å². The van der Waals surface area contributed by atoms with E-state index in [4.69, 9.17) is 26.4 Å². The molecule has 1 N–H and O–H groups in total. The van der Waals surface area contributed by atoms with E-state index >= 15 is 0 Å². The number of hydrogen-bond donors (Lipinski definition) is 1. The van der Waals surface area contributed by atoms with Crippen molar-refractivity contribution in [2.45, 2.75) is 13.3 Å². The minimum atomic E-state index is -0.239. The molecule has 3 rings (SSSR count). The standard InChI is InChI=1S/C23H24N2O5S2/c1-14-5-7-16(8-6-14)24-20(26)9-10-25-22(27)19(32-23(25)31)13-15-11-17(28-2)21(30-4)18(12-15)29-3/h5-8,11-13H,9-10H2,1-4H3,(H,24,26). The quantitative estimate of drug-likeness (QED) is 0.455. The predicted octanol–water partition coefficient (Wildman–Crippen LogP) is 4.25. The third kappa shape index (κ3) is 5.41. The Bertz CT molecular complexity index is 1040. The molecule has 0 bridgehead atoms. The topological polar surface area (TPSA) is 77.1 Å². The number of methoxy groups -OCH3 is 3. The molecular formula is C23H24N2O5S2. The van der Waals surface area contributed by atoms with Crippen molar-refractivity contribution in [3.8, 4) is 17.2 Å². The van der Waals surface area contributed by atoms with Gasteiger partial charge in [-0.15, -0.1) is 0 Å². The molecule has 0 spiro atoms. The molecule has 0 radical (unpaired) electrons. The number of rotatable bonds is 8. The van der Waals surface area contributed by atoms with Crippen LogP contribution in [0.2, 0.25) is 0 Å². The van der Waals surface area contributed by atoms with Crippen molar-refractivity contribution in [1.82, 2.24) is 4.90 Å². The van der Waals surface area contributed by atoms with Crippen molar-refractivity contribution >= 4 is 51.9 Å². The maximum Gasteiger partial charge on any atom is 0.266 e. The van der Waals surface area contributed by atoms with Crippen LogP contribution in [0.4, 0.5) is 5.69 Å². The van der Waals surface area contributed by atoms with E-state index in [0.29, 0.717) is 37.7 Å². The summed E-state index contributed by atoms with van der Waals surface area (Å²) in [7, 11) is 4.59. The first-order valence-corrected chi connectivity index (χ1v) is 11.0. The van der Waals surface area contributed by atoms with E-state index in [2.05, 4.69) is 5.32 Å². The number of aryl methyl sites for hydroxylation is 1. The third-order valence-corrected chi connectivity index (χ3v) is 6.13. The molecule has 1 fully saturated rings. The first-order valence-electron chi connectivity index (χ1n) is 9.78. The molecule has 0 aliphatic carbocycles. The summed E-state index contributed by atoms with van der Waals surface area (Å²) in [6.07, 6.45) is 1.86. The number of carbonyl (C=O) groups is 2. The molecule has 0 atom stereocenters. The summed E-state index contributed by atoms with van der Waals surface area (Å²) < 4.78 is 16.5. The summed E-state index contributed by atoms with van der Waals surface area (Å²) in [5.41, 5.74) is 2.53. The Labute approximate surface area is 196 Å². The lowest BCUT2D eigenvalue weighted by atomic mass is 10.1. The number of anilines is 1. The molecule has 1 aliphatic heterocycles. The maximum absolute atomic E-state index is 12.9. The Morgan fingerprint density at radius 1 is 1.09 bits per heavy atom. The van der Waals surface area contributed by atoms with E-state index in [9.17, 15) is 9.59 Å². The fourth-order valence-corrected chi connectivity index (χ4v) is 4.41. The largest absolute Gasteiger partial charge is 0.493 e. The van der Waals surface area contributed by atoms with Crippen LogP contribution in [0, 0.1) is 6.92 Å². The van der Waals surface area contributed by atoms with Gasteiger partial charge in [0.2, 0.25) is 11.7 Å². The van der Waals surface area contributed by atoms with Gasteiger partial charge in [0, 0.05) is 18.7 Å². The Hall–Kier alpha value is -3.04. The second-order valence-electron chi connectivity index (χ2n) is 6.96. The van der Waals surface area contributed by atoms with E-state index < -0.39 is 0 Å². The van der Waals surface area contributed by atoms with Gasteiger partial charge >= 0.3 is 0 Å². The highest BCUT2D eigenvalue weighted by atomic mass is 32.2. The van der Waals surface area contributed by atoms with Gasteiger partial charge in [-0.1, -0.05) is 41.7 Å². The molecular weight excluding hydrogens is 448 g/mol. The zero-order chi connectivity index (χ0) is 23.3. The summed E-state index contributed by atoms with van der Waals surface area (Å²) in [5, 5.41) is 2.83. The average molecular weight is 473 g/mol. The van der Waals surface area contributed by atoms with E-state index in [0.717, 1.165) is 5.56 Å².